The Kier molecular flexibility index (Phi) is 3.74. The maximum Gasteiger partial charge on any atom is 0.312 e. The van der Waals surface area contributed by atoms with Gasteiger partial charge in [0.2, 0.25) is 5.78 Å². The molecule has 0 amide bonds. The summed E-state index contributed by atoms with van der Waals surface area (Å²) in [6, 6.07) is 11.4. The summed E-state index contributed by atoms with van der Waals surface area (Å²) in [5.41, 5.74) is 1.39. The zero-order valence-corrected chi connectivity index (χ0v) is 14.2. The number of carbonyl (C=O) groups excluding carboxylic acids is 3. The van der Waals surface area contributed by atoms with Gasteiger partial charge in [0.05, 0.1) is 22.0 Å². The van der Waals surface area contributed by atoms with Crippen LogP contribution >= 0.6 is 23.2 Å². The highest BCUT2D eigenvalue weighted by Crippen LogP contribution is 2.42. The first kappa shape index (κ1) is 16.1. The molecule has 0 aromatic heterocycles. The molecule has 1 atom stereocenters. The van der Waals surface area contributed by atoms with Gasteiger partial charge in [0.25, 0.3) is 0 Å². The van der Waals surface area contributed by atoms with Crippen molar-refractivity contribution in [3.8, 4) is 0 Å². The monoisotopic (exact) mass is 372 g/mol. The molecular formula is C19H10Cl2O4. The van der Waals surface area contributed by atoms with E-state index in [2.05, 4.69) is 0 Å². The maximum atomic E-state index is 13.0. The van der Waals surface area contributed by atoms with Crippen LogP contribution in [0.4, 0.5) is 0 Å². The third kappa shape index (κ3) is 2.49. The van der Waals surface area contributed by atoms with Crippen molar-refractivity contribution in [2.24, 2.45) is 0 Å². The van der Waals surface area contributed by atoms with E-state index < -0.39 is 17.7 Å². The van der Waals surface area contributed by atoms with Gasteiger partial charge in [-0.15, -0.1) is 0 Å². The van der Waals surface area contributed by atoms with Gasteiger partial charge in [-0.2, -0.15) is 0 Å². The van der Waals surface area contributed by atoms with Crippen molar-refractivity contribution in [3.63, 3.8) is 0 Å². The minimum atomic E-state index is -0.601. The molecule has 0 unspecified atom stereocenters. The number of hydrogen-bond acceptors (Lipinski definition) is 4. The second kappa shape index (κ2) is 5.83. The number of halogens is 2. The molecule has 0 saturated heterocycles. The minimum Gasteiger partial charge on any atom is -0.422 e. The van der Waals surface area contributed by atoms with E-state index in [0.29, 0.717) is 21.2 Å². The highest BCUT2D eigenvalue weighted by Gasteiger charge is 2.42. The molecule has 1 aliphatic heterocycles. The van der Waals surface area contributed by atoms with Gasteiger partial charge in [-0.05, 0) is 17.7 Å². The van der Waals surface area contributed by atoms with Gasteiger partial charge < -0.3 is 4.74 Å². The van der Waals surface area contributed by atoms with Gasteiger partial charge in [0.15, 0.2) is 11.5 Å². The van der Waals surface area contributed by atoms with Crippen molar-refractivity contribution in [2.45, 2.75) is 12.3 Å². The van der Waals surface area contributed by atoms with Gasteiger partial charge in [0.1, 0.15) is 0 Å². The number of hydrogen-bond donors (Lipinski definition) is 0. The number of Topliss-reactive ketones (excluding diaryl/α,β-unsaturated/α-hetero) is 2. The molecule has 6 heteroatoms. The fourth-order valence-corrected chi connectivity index (χ4v) is 3.53. The van der Waals surface area contributed by atoms with Crippen molar-refractivity contribution in [3.05, 3.63) is 80.5 Å². The largest absolute Gasteiger partial charge is 0.422 e. The van der Waals surface area contributed by atoms with E-state index in [-0.39, 0.29) is 29.1 Å². The minimum absolute atomic E-state index is 0.0437. The van der Waals surface area contributed by atoms with Crippen molar-refractivity contribution >= 4 is 40.7 Å². The fourth-order valence-electron chi connectivity index (χ4n) is 3.23. The van der Waals surface area contributed by atoms with Crippen LogP contribution in [0.3, 0.4) is 0 Å². The molecule has 4 rings (SSSR count). The Morgan fingerprint density at radius 3 is 2.24 bits per heavy atom. The average Bonchev–Trinajstić information content (AvgIpc) is 2.61. The highest BCUT2D eigenvalue weighted by molar-refractivity contribution is 6.42. The number of ketones is 2. The molecule has 0 saturated carbocycles. The average molecular weight is 373 g/mol. The van der Waals surface area contributed by atoms with Crippen LogP contribution in [0.25, 0.3) is 0 Å². The number of benzene rings is 2. The normalized spacial score (nSPS) is 19.4. The Balaban J connectivity index is 1.91. The van der Waals surface area contributed by atoms with E-state index in [9.17, 15) is 14.4 Å². The van der Waals surface area contributed by atoms with Crippen molar-refractivity contribution in [1.29, 1.82) is 0 Å². The van der Waals surface area contributed by atoms with E-state index in [0.717, 1.165) is 0 Å². The third-order valence-corrected chi connectivity index (χ3v) is 5.13. The number of fused-ring (bicyclic) bond motifs is 1. The second-order valence-corrected chi connectivity index (χ2v) is 6.67. The predicted octanol–water partition coefficient (Wildman–Crippen LogP) is 4.36. The number of esters is 1. The zero-order chi connectivity index (χ0) is 17.7. The SMILES string of the molecule is O=C1C[C@@H](c2ccc(Cl)c(Cl)c2)C2=C(O1)C(=O)c1ccccc1C2=O. The fraction of sp³-hybridized carbons (Fsp3) is 0.105. The lowest BCUT2D eigenvalue weighted by Gasteiger charge is -2.30. The van der Waals surface area contributed by atoms with Crippen LogP contribution in [-0.2, 0) is 9.53 Å². The summed E-state index contributed by atoms with van der Waals surface area (Å²) in [6.45, 7) is 0. The summed E-state index contributed by atoms with van der Waals surface area (Å²) in [4.78, 5) is 37.7. The standard InChI is InChI=1S/C19H10Cl2O4/c20-13-6-5-9(7-14(13)21)12-8-15(22)25-19-16(12)17(23)10-3-1-2-4-11(10)18(19)24/h1-7,12H,8H2/t12-/m0/s1. The van der Waals surface area contributed by atoms with E-state index in [1.54, 1.807) is 42.5 Å². The Bertz CT molecular complexity index is 991. The Morgan fingerprint density at radius 1 is 0.880 bits per heavy atom. The first-order chi connectivity index (χ1) is 12.0. The highest BCUT2D eigenvalue weighted by atomic mass is 35.5. The van der Waals surface area contributed by atoms with E-state index in [1.807, 2.05) is 0 Å². The first-order valence-corrected chi connectivity index (χ1v) is 8.31. The topological polar surface area (TPSA) is 60.4 Å². The molecule has 0 bridgehead atoms. The van der Waals surface area contributed by atoms with Gasteiger partial charge in [-0.1, -0.05) is 53.5 Å². The predicted molar refractivity (Wildman–Crippen MR) is 92.0 cm³/mol. The molecular weight excluding hydrogens is 363 g/mol. The summed E-state index contributed by atoms with van der Waals surface area (Å²) in [5, 5.41) is 0.685. The summed E-state index contributed by atoms with van der Waals surface area (Å²) in [7, 11) is 0. The molecule has 4 nitrogen and oxygen atoms in total. The molecule has 0 fully saturated rings. The van der Waals surface area contributed by atoms with Crippen LogP contribution in [0.15, 0.2) is 53.8 Å². The molecule has 2 aliphatic rings. The van der Waals surface area contributed by atoms with E-state index in [4.69, 9.17) is 27.9 Å². The van der Waals surface area contributed by atoms with Crippen LogP contribution in [0.2, 0.25) is 10.0 Å². The smallest absolute Gasteiger partial charge is 0.312 e. The molecule has 0 spiro atoms. The van der Waals surface area contributed by atoms with Crippen LogP contribution < -0.4 is 0 Å². The second-order valence-electron chi connectivity index (χ2n) is 5.85. The quantitative estimate of drug-likeness (QED) is 0.697. The van der Waals surface area contributed by atoms with E-state index in [1.165, 1.54) is 0 Å². The van der Waals surface area contributed by atoms with Crippen LogP contribution in [0.1, 0.15) is 38.6 Å². The lowest BCUT2D eigenvalue weighted by atomic mass is 9.77. The molecule has 25 heavy (non-hydrogen) atoms. The lowest BCUT2D eigenvalue weighted by Crippen LogP contribution is -2.32. The number of carbonyl (C=O) groups is 3. The Labute approximate surface area is 153 Å². The van der Waals surface area contributed by atoms with Gasteiger partial charge in [-0.3, -0.25) is 14.4 Å². The number of rotatable bonds is 1. The summed E-state index contributed by atoms with van der Waals surface area (Å²) < 4.78 is 5.15. The Hall–Kier alpha value is -2.43. The molecule has 0 radical (unpaired) electrons. The Morgan fingerprint density at radius 2 is 1.56 bits per heavy atom. The summed E-state index contributed by atoms with van der Waals surface area (Å²) in [5.74, 6) is -2.11. The molecule has 2 aromatic rings. The number of allylic oxidation sites excluding steroid dienone is 2. The lowest BCUT2D eigenvalue weighted by molar-refractivity contribution is -0.140. The molecule has 1 heterocycles. The van der Waals surface area contributed by atoms with Gasteiger partial charge in [0, 0.05) is 17.0 Å². The molecule has 124 valence electrons. The zero-order valence-electron chi connectivity index (χ0n) is 12.7. The molecule has 2 aromatic carbocycles. The van der Waals surface area contributed by atoms with Crippen molar-refractivity contribution in [1.82, 2.24) is 0 Å². The molecule has 0 N–H and O–H groups in total. The van der Waals surface area contributed by atoms with Gasteiger partial charge >= 0.3 is 5.97 Å². The van der Waals surface area contributed by atoms with Crippen LogP contribution in [-0.4, -0.2) is 17.5 Å². The summed E-state index contributed by atoms with van der Waals surface area (Å²) in [6.07, 6.45) is -0.0437. The maximum absolute atomic E-state index is 13.0. The summed E-state index contributed by atoms with van der Waals surface area (Å²) >= 11 is 12.0. The third-order valence-electron chi connectivity index (χ3n) is 4.39. The molecule has 1 aliphatic carbocycles. The van der Waals surface area contributed by atoms with Crippen molar-refractivity contribution < 1.29 is 19.1 Å². The number of ether oxygens (including phenoxy) is 1. The van der Waals surface area contributed by atoms with E-state index >= 15 is 0 Å². The van der Waals surface area contributed by atoms with Crippen LogP contribution in [0, 0.1) is 0 Å². The first-order valence-electron chi connectivity index (χ1n) is 7.55. The van der Waals surface area contributed by atoms with Crippen LogP contribution in [0.5, 0.6) is 0 Å². The van der Waals surface area contributed by atoms with Crippen molar-refractivity contribution in [2.75, 3.05) is 0 Å². The van der Waals surface area contributed by atoms with Gasteiger partial charge in [-0.25, -0.2) is 0 Å².